The zero-order valence-corrected chi connectivity index (χ0v) is 13.9. The minimum absolute atomic E-state index is 0.0527. The van der Waals surface area contributed by atoms with Crippen LogP contribution in [0.2, 0.25) is 0 Å². The molecule has 1 amide bonds. The van der Waals surface area contributed by atoms with Crippen LogP contribution in [0, 0.1) is 0 Å². The molecule has 1 aliphatic carbocycles. The van der Waals surface area contributed by atoms with Crippen molar-refractivity contribution in [2.45, 2.75) is 44.3 Å². The lowest BCUT2D eigenvalue weighted by Crippen LogP contribution is -2.42. The van der Waals surface area contributed by atoms with Crippen molar-refractivity contribution in [2.24, 2.45) is 0 Å². The SMILES string of the molecule is O=C(NCc1ccccc1OC(F)F)C1(c2ccccc2)CCCC1. The van der Waals surface area contributed by atoms with Gasteiger partial charge in [0.1, 0.15) is 5.75 Å². The summed E-state index contributed by atoms with van der Waals surface area (Å²) in [7, 11) is 0. The summed E-state index contributed by atoms with van der Waals surface area (Å²) >= 11 is 0. The maximum Gasteiger partial charge on any atom is 0.387 e. The summed E-state index contributed by atoms with van der Waals surface area (Å²) in [4.78, 5) is 13.0. The quantitative estimate of drug-likeness (QED) is 0.842. The van der Waals surface area contributed by atoms with Gasteiger partial charge >= 0.3 is 6.61 Å². The number of rotatable bonds is 6. The number of halogens is 2. The smallest absolute Gasteiger partial charge is 0.387 e. The fourth-order valence-electron chi connectivity index (χ4n) is 3.59. The van der Waals surface area contributed by atoms with Gasteiger partial charge in [0.25, 0.3) is 0 Å². The number of para-hydroxylation sites is 1. The van der Waals surface area contributed by atoms with Gasteiger partial charge in [-0.2, -0.15) is 8.78 Å². The van der Waals surface area contributed by atoms with E-state index in [9.17, 15) is 13.6 Å². The van der Waals surface area contributed by atoms with E-state index in [0.717, 1.165) is 31.2 Å². The first-order valence-corrected chi connectivity index (χ1v) is 8.48. The molecule has 1 fully saturated rings. The molecule has 0 aromatic heterocycles. The standard InChI is InChI=1S/C20H21F2NO2/c21-19(22)25-17-11-5-4-8-15(17)14-23-18(24)20(12-6-7-13-20)16-9-2-1-3-10-16/h1-5,8-11,19H,6-7,12-14H2,(H,23,24). The molecule has 132 valence electrons. The Kier molecular flexibility index (Phi) is 5.31. The fourth-order valence-corrected chi connectivity index (χ4v) is 3.59. The molecule has 0 radical (unpaired) electrons. The van der Waals surface area contributed by atoms with E-state index < -0.39 is 12.0 Å². The number of ether oxygens (including phenoxy) is 1. The molecule has 1 N–H and O–H groups in total. The summed E-state index contributed by atoms with van der Waals surface area (Å²) < 4.78 is 29.6. The third-order valence-corrected chi connectivity index (χ3v) is 4.85. The molecule has 0 bridgehead atoms. The molecule has 1 saturated carbocycles. The molecule has 5 heteroatoms. The van der Waals surface area contributed by atoms with Crippen molar-refractivity contribution in [2.75, 3.05) is 0 Å². The van der Waals surface area contributed by atoms with Crippen LogP contribution < -0.4 is 10.1 Å². The van der Waals surface area contributed by atoms with Crippen molar-refractivity contribution in [1.29, 1.82) is 0 Å². The van der Waals surface area contributed by atoms with E-state index in [1.54, 1.807) is 18.2 Å². The van der Waals surface area contributed by atoms with Gasteiger partial charge in [0.15, 0.2) is 0 Å². The second-order valence-electron chi connectivity index (χ2n) is 6.32. The van der Waals surface area contributed by atoms with Crippen LogP contribution in [-0.4, -0.2) is 12.5 Å². The molecule has 3 nitrogen and oxygen atoms in total. The molecule has 3 rings (SSSR count). The van der Waals surface area contributed by atoms with E-state index in [-0.39, 0.29) is 18.2 Å². The second-order valence-corrected chi connectivity index (χ2v) is 6.32. The Balaban J connectivity index is 1.76. The average Bonchev–Trinajstić information content (AvgIpc) is 3.12. The van der Waals surface area contributed by atoms with Crippen molar-refractivity contribution in [3.8, 4) is 5.75 Å². The first-order valence-electron chi connectivity index (χ1n) is 8.48. The number of benzene rings is 2. The van der Waals surface area contributed by atoms with Crippen molar-refractivity contribution in [3.05, 3.63) is 65.7 Å². The van der Waals surface area contributed by atoms with E-state index in [1.807, 2.05) is 30.3 Å². The van der Waals surface area contributed by atoms with Crippen molar-refractivity contribution >= 4 is 5.91 Å². The second kappa shape index (κ2) is 7.64. The Morgan fingerprint density at radius 3 is 2.36 bits per heavy atom. The minimum Gasteiger partial charge on any atom is -0.434 e. The van der Waals surface area contributed by atoms with Crippen LogP contribution in [0.5, 0.6) is 5.75 Å². The van der Waals surface area contributed by atoms with Gasteiger partial charge in [0, 0.05) is 12.1 Å². The maximum absolute atomic E-state index is 13.0. The van der Waals surface area contributed by atoms with Crippen molar-refractivity contribution < 1.29 is 18.3 Å². The van der Waals surface area contributed by atoms with Gasteiger partial charge in [-0.3, -0.25) is 4.79 Å². The van der Waals surface area contributed by atoms with Crippen LogP contribution in [-0.2, 0) is 16.8 Å². The van der Waals surface area contributed by atoms with Crippen LogP contribution in [0.15, 0.2) is 54.6 Å². The summed E-state index contributed by atoms with van der Waals surface area (Å²) in [6.45, 7) is -2.72. The first-order chi connectivity index (χ1) is 12.1. The lowest BCUT2D eigenvalue weighted by molar-refractivity contribution is -0.126. The van der Waals surface area contributed by atoms with Crippen molar-refractivity contribution in [1.82, 2.24) is 5.32 Å². The summed E-state index contributed by atoms with van der Waals surface area (Å²) in [5.74, 6) is 0.0426. The Labute approximate surface area is 146 Å². The minimum atomic E-state index is -2.89. The normalized spacial score (nSPS) is 16.0. The Hall–Kier alpha value is -2.43. The predicted octanol–water partition coefficient (Wildman–Crippen LogP) is 4.42. The number of hydrogen-bond acceptors (Lipinski definition) is 2. The fraction of sp³-hybridized carbons (Fsp3) is 0.350. The highest BCUT2D eigenvalue weighted by atomic mass is 19.3. The van der Waals surface area contributed by atoms with Gasteiger partial charge < -0.3 is 10.1 Å². The highest BCUT2D eigenvalue weighted by Gasteiger charge is 2.42. The van der Waals surface area contributed by atoms with E-state index in [1.165, 1.54) is 6.07 Å². The van der Waals surface area contributed by atoms with Crippen LogP contribution in [0.1, 0.15) is 36.8 Å². The van der Waals surface area contributed by atoms with E-state index in [0.29, 0.717) is 5.56 Å². The molecule has 1 aliphatic rings. The zero-order chi connectivity index (χ0) is 17.7. The Morgan fingerprint density at radius 2 is 1.68 bits per heavy atom. The molecule has 0 atom stereocenters. The van der Waals surface area contributed by atoms with Gasteiger partial charge in [-0.15, -0.1) is 0 Å². The highest BCUT2D eigenvalue weighted by molar-refractivity contribution is 5.88. The van der Waals surface area contributed by atoms with Gasteiger partial charge in [0.2, 0.25) is 5.91 Å². The number of alkyl halides is 2. The molecule has 0 unspecified atom stereocenters. The number of carbonyl (C=O) groups excluding carboxylic acids is 1. The molecule has 2 aromatic carbocycles. The lowest BCUT2D eigenvalue weighted by atomic mass is 9.78. The third-order valence-electron chi connectivity index (χ3n) is 4.85. The maximum atomic E-state index is 13.0. The summed E-state index contributed by atoms with van der Waals surface area (Å²) in [5, 5.41) is 2.93. The number of nitrogens with one attached hydrogen (secondary N) is 1. The Morgan fingerprint density at radius 1 is 1.04 bits per heavy atom. The molecule has 0 aliphatic heterocycles. The topological polar surface area (TPSA) is 38.3 Å². The van der Waals surface area contributed by atoms with Crippen LogP contribution >= 0.6 is 0 Å². The van der Waals surface area contributed by atoms with E-state index in [4.69, 9.17) is 0 Å². The number of hydrogen-bond donors (Lipinski definition) is 1. The molecular formula is C20H21F2NO2. The number of amides is 1. The summed E-state index contributed by atoms with van der Waals surface area (Å²) in [5.41, 5.74) is 1.03. The monoisotopic (exact) mass is 345 g/mol. The lowest BCUT2D eigenvalue weighted by Gasteiger charge is -2.28. The molecule has 25 heavy (non-hydrogen) atoms. The van der Waals surface area contributed by atoms with Gasteiger partial charge in [0.05, 0.1) is 5.41 Å². The van der Waals surface area contributed by atoms with Gasteiger partial charge in [-0.25, -0.2) is 0 Å². The summed E-state index contributed by atoms with van der Waals surface area (Å²) in [6.07, 6.45) is 3.62. The molecular weight excluding hydrogens is 324 g/mol. The largest absolute Gasteiger partial charge is 0.434 e. The number of carbonyl (C=O) groups is 1. The van der Waals surface area contributed by atoms with E-state index in [2.05, 4.69) is 10.1 Å². The van der Waals surface area contributed by atoms with Gasteiger partial charge in [-0.05, 0) is 24.5 Å². The molecule has 0 saturated heterocycles. The average molecular weight is 345 g/mol. The van der Waals surface area contributed by atoms with Crippen LogP contribution in [0.3, 0.4) is 0 Å². The summed E-state index contributed by atoms with van der Waals surface area (Å²) in [6, 6.07) is 16.3. The highest BCUT2D eigenvalue weighted by Crippen LogP contribution is 2.41. The van der Waals surface area contributed by atoms with Gasteiger partial charge in [-0.1, -0.05) is 61.4 Å². The Bertz CT molecular complexity index is 713. The molecule has 2 aromatic rings. The molecule has 0 spiro atoms. The van der Waals surface area contributed by atoms with Crippen LogP contribution in [0.4, 0.5) is 8.78 Å². The van der Waals surface area contributed by atoms with Crippen LogP contribution in [0.25, 0.3) is 0 Å². The molecule has 0 heterocycles. The first kappa shape index (κ1) is 17.4. The predicted molar refractivity (Wildman–Crippen MR) is 91.5 cm³/mol. The van der Waals surface area contributed by atoms with Crippen molar-refractivity contribution in [3.63, 3.8) is 0 Å². The van der Waals surface area contributed by atoms with E-state index >= 15 is 0 Å². The zero-order valence-electron chi connectivity index (χ0n) is 13.9. The third kappa shape index (κ3) is 3.81.